The van der Waals surface area contributed by atoms with Crippen LogP contribution < -0.4 is 0 Å². The summed E-state index contributed by atoms with van der Waals surface area (Å²) in [6.45, 7) is 1.54. The summed E-state index contributed by atoms with van der Waals surface area (Å²) in [7, 11) is 0. The topological polar surface area (TPSA) is 119 Å². The smallest absolute Gasteiger partial charge is 0.270 e. The van der Waals surface area contributed by atoms with Crippen LogP contribution in [-0.4, -0.2) is 44.3 Å². The van der Waals surface area contributed by atoms with E-state index in [1.54, 1.807) is 18.4 Å². The molecular formula is C24H24N4O5. The molecule has 4 rings (SSSR count). The number of nitro benzene ring substituents is 1. The minimum atomic E-state index is -0.550. The van der Waals surface area contributed by atoms with E-state index in [1.165, 1.54) is 12.1 Å². The molecule has 0 saturated heterocycles. The minimum Gasteiger partial charge on any atom is -0.468 e. The summed E-state index contributed by atoms with van der Waals surface area (Å²) in [6, 6.07) is 19.7. The van der Waals surface area contributed by atoms with Crippen LogP contribution in [0.4, 0.5) is 5.69 Å². The third kappa shape index (κ3) is 6.34. The van der Waals surface area contributed by atoms with Gasteiger partial charge in [0.2, 0.25) is 11.7 Å². The van der Waals surface area contributed by atoms with Gasteiger partial charge in [-0.25, -0.2) is 0 Å². The number of aliphatic hydroxyl groups excluding tert-OH is 1. The molecule has 0 aliphatic carbocycles. The van der Waals surface area contributed by atoms with Crippen molar-refractivity contribution in [2.24, 2.45) is 0 Å². The van der Waals surface area contributed by atoms with Crippen molar-refractivity contribution >= 4 is 5.69 Å². The Morgan fingerprint density at radius 3 is 2.70 bits per heavy atom. The molecule has 2 aromatic carbocycles. The molecular weight excluding hydrogens is 424 g/mol. The summed E-state index contributed by atoms with van der Waals surface area (Å²) >= 11 is 0. The first-order valence-electron chi connectivity index (χ1n) is 10.6. The predicted molar refractivity (Wildman–Crippen MR) is 120 cm³/mol. The average Bonchev–Trinajstić information content (AvgIpc) is 3.50. The van der Waals surface area contributed by atoms with E-state index in [1.807, 2.05) is 42.5 Å². The summed E-state index contributed by atoms with van der Waals surface area (Å²) < 4.78 is 10.8. The summed E-state index contributed by atoms with van der Waals surface area (Å²) in [5, 5.41) is 25.6. The van der Waals surface area contributed by atoms with Gasteiger partial charge in [0.1, 0.15) is 5.76 Å². The van der Waals surface area contributed by atoms with Gasteiger partial charge in [-0.05, 0) is 24.1 Å². The lowest BCUT2D eigenvalue weighted by atomic mass is 10.1. The van der Waals surface area contributed by atoms with Gasteiger partial charge in [0, 0.05) is 37.2 Å². The highest BCUT2D eigenvalue weighted by atomic mass is 16.6. The lowest BCUT2D eigenvalue weighted by molar-refractivity contribution is -0.384. The number of furan rings is 1. The van der Waals surface area contributed by atoms with Crippen LogP contribution in [0.15, 0.2) is 81.9 Å². The van der Waals surface area contributed by atoms with Gasteiger partial charge in [0.25, 0.3) is 5.69 Å². The SMILES string of the molecule is O=[N+]([O-])c1cccc(-c2noc(CCN(Cc3ccco3)CC(O)Cc3ccccc3)n2)c1. The number of nitro groups is 1. The quantitative estimate of drug-likeness (QED) is 0.271. The molecule has 0 saturated carbocycles. The molecule has 2 heterocycles. The molecule has 2 aromatic heterocycles. The van der Waals surface area contributed by atoms with Crippen molar-refractivity contribution in [3.05, 3.63) is 100 Å². The minimum absolute atomic E-state index is 0.0316. The maximum Gasteiger partial charge on any atom is 0.270 e. The highest BCUT2D eigenvalue weighted by molar-refractivity contribution is 5.58. The summed E-state index contributed by atoms with van der Waals surface area (Å²) in [4.78, 5) is 17.0. The molecule has 0 amide bonds. The van der Waals surface area contributed by atoms with Gasteiger partial charge in [0.05, 0.1) is 23.8 Å². The number of rotatable bonds is 11. The Morgan fingerprint density at radius 2 is 1.94 bits per heavy atom. The standard InChI is InChI=1S/C24H24N4O5/c29-21(14-18-6-2-1-3-7-18)16-27(17-22-10-5-13-32-22)12-11-23-25-24(26-33-23)19-8-4-9-20(15-19)28(30)31/h1-10,13,15,21,29H,11-12,14,16-17H2. The molecule has 1 atom stereocenters. The number of aliphatic hydroxyl groups is 1. The van der Waals surface area contributed by atoms with E-state index in [-0.39, 0.29) is 5.69 Å². The fourth-order valence-electron chi connectivity index (χ4n) is 3.59. The van der Waals surface area contributed by atoms with Crippen LogP contribution in [0.1, 0.15) is 17.2 Å². The summed E-state index contributed by atoms with van der Waals surface area (Å²) in [5.74, 6) is 1.51. The number of benzene rings is 2. The first kappa shape index (κ1) is 22.4. The fourth-order valence-corrected chi connectivity index (χ4v) is 3.59. The fraction of sp³-hybridized carbons (Fsp3) is 0.250. The van der Waals surface area contributed by atoms with Crippen LogP contribution in [0, 0.1) is 10.1 Å². The Hall–Kier alpha value is -3.82. The number of nitrogens with zero attached hydrogens (tertiary/aromatic N) is 4. The Balaban J connectivity index is 1.40. The van der Waals surface area contributed by atoms with Crippen molar-refractivity contribution in [2.45, 2.75) is 25.5 Å². The Bertz CT molecular complexity index is 1160. The molecule has 9 nitrogen and oxygen atoms in total. The molecule has 1 unspecified atom stereocenters. The lowest BCUT2D eigenvalue weighted by Crippen LogP contribution is -2.34. The van der Waals surface area contributed by atoms with Gasteiger partial charge in [-0.15, -0.1) is 0 Å². The largest absolute Gasteiger partial charge is 0.468 e. The molecule has 0 aliphatic rings. The molecule has 9 heteroatoms. The highest BCUT2D eigenvalue weighted by Crippen LogP contribution is 2.21. The van der Waals surface area contributed by atoms with E-state index in [2.05, 4.69) is 15.0 Å². The van der Waals surface area contributed by atoms with E-state index >= 15 is 0 Å². The van der Waals surface area contributed by atoms with Crippen LogP contribution in [0.2, 0.25) is 0 Å². The zero-order chi connectivity index (χ0) is 23.0. The third-order valence-electron chi connectivity index (χ3n) is 5.17. The molecule has 0 radical (unpaired) electrons. The third-order valence-corrected chi connectivity index (χ3v) is 5.17. The normalized spacial score (nSPS) is 12.2. The molecule has 33 heavy (non-hydrogen) atoms. The molecule has 1 N–H and O–H groups in total. The van der Waals surface area contributed by atoms with Crippen molar-refractivity contribution in [3.63, 3.8) is 0 Å². The monoisotopic (exact) mass is 448 g/mol. The van der Waals surface area contributed by atoms with Crippen molar-refractivity contribution in [2.75, 3.05) is 13.1 Å². The van der Waals surface area contributed by atoms with Crippen LogP contribution in [-0.2, 0) is 19.4 Å². The van der Waals surface area contributed by atoms with E-state index in [9.17, 15) is 15.2 Å². The second kappa shape index (κ2) is 10.7. The van der Waals surface area contributed by atoms with Crippen molar-refractivity contribution < 1.29 is 19.0 Å². The number of aromatic nitrogens is 2. The summed E-state index contributed by atoms with van der Waals surface area (Å²) in [6.07, 6.45) is 2.08. The second-order valence-corrected chi connectivity index (χ2v) is 7.73. The Labute approximate surface area is 190 Å². The summed E-state index contributed by atoms with van der Waals surface area (Å²) in [5.41, 5.74) is 1.56. The molecule has 0 spiro atoms. The second-order valence-electron chi connectivity index (χ2n) is 7.73. The van der Waals surface area contributed by atoms with E-state index < -0.39 is 11.0 Å². The molecule has 170 valence electrons. The first-order valence-corrected chi connectivity index (χ1v) is 10.6. The number of hydrogen-bond acceptors (Lipinski definition) is 8. The average molecular weight is 448 g/mol. The van der Waals surface area contributed by atoms with Gasteiger partial charge in [-0.1, -0.05) is 47.6 Å². The van der Waals surface area contributed by atoms with Crippen LogP contribution >= 0.6 is 0 Å². The van der Waals surface area contributed by atoms with Crippen LogP contribution in [0.5, 0.6) is 0 Å². The molecule has 0 bridgehead atoms. The Kier molecular flexibility index (Phi) is 7.23. The van der Waals surface area contributed by atoms with Gasteiger partial charge in [0.15, 0.2) is 0 Å². The lowest BCUT2D eigenvalue weighted by Gasteiger charge is -2.23. The number of hydrogen-bond donors (Lipinski definition) is 1. The van der Waals surface area contributed by atoms with Crippen LogP contribution in [0.3, 0.4) is 0 Å². The first-order chi connectivity index (χ1) is 16.1. The maximum atomic E-state index is 11.0. The van der Waals surface area contributed by atoms with Gasteiger partial charge >= 0.3 is 0 Å². The van der Waals surface area contributed by atoms with E-state index in [4.69, 9.17) is 8.94 Å². The van der Waals surface area contributed by atoms with E-state index in [0.717, 1.165) is 11.3 Å². The van der Waals surface area contributed by atoms with Crippen LogP contribution in [0.25, 0.3) is 11.4 Å². The zero-order valence-electron chi connectivity index (χ0n) is 17.9. The molecule has 0 fully saturated rings. The maximum absolute atomic E-state index is 11.0. The highest BCUT2D eigenvalue weighted by Gasteiger charge is 2.17. The Morgan fingerprint density at radius 1 is 1.09 bits per heavy atom. The molecule has 0 aliphatic heterocycles. The van der Waals surface area contributed by atoms with Gasteiger partial charge in [-0.2, -0.15) is 4.98 Å². The van der Waals surface area contributed by atoms with Gasteiger partial charge in [-0.3, -0.25) is 15.0 Å². The number of non-ortho nitro benzene ring substituents is 1. The van der Waals surface area contributed by atoms with Crippen molar-refractivity contribution in [3.8, 4) is 11.4 Å². The predicted octanol–water partition coefficient (Wildman–Crippen LogP) is 3.89. The van der Waals surface area contributed by atoms with Crippen molar-refractivity contribution in [1.82, 2.24) is 15.0 Å². The zero-order valence-corrected chi connectivity index (χ0v) is 17.9. The van der Waals surface area contributed by atoms with E-state index in [0.29, 0.717) is 49.8 Å². The van der Waals surface area contributed by atoms with Gasteiger partial charge < -0.3 is 14.0 Å². The molecule has 4 aromatic rings. The van der Waals surface area contributed by atoms with Crippen molar-refractivity contribution in [1.29, 1.82) is 0 Å².